The Morgan fingerprint density at radius 3 is 1.52 bits per heavy atom. The Morgan fingerprint density at radius 1 is 0.306 bits per heavy atom. The molecule has 1 heteroatoms. The lowest BCUT2D eigenvalue weighted by Crippen LogP contribution is -2.16. The molecular formula is C61H45N. The average molecular weight is 792 g/mol. The molecule has 1 aliphatic carbocycles. The highest BCUT2D eigenvalue weighted by Crippen LogP contribution is 2.53. The third-order valence-corrected chi connectivity index (χ3v) is 12.9. The van der Waals surface area contributed by atoms with Crippen LogP contribution in [0, 0.1) is 0 Å². The first-order chi connectivity index (χ1) is 30.5. The molecule has 62 heavy (non-hydrogen) atoms. The van der Waals surface area contributed by atoms with Gasteiger partial charge in [-0.2, -0.15) is 0 Å². The second kappa shape index (κ2) is 15.4. The highest BCUT2D eigenvalue weighted by atomic mass is 15.1. The molecule has 1 aliphatic rings. The Balaban J connectivity index is 1.14. The number of benzene rings is 10. The molecule has 1 nitrogen and oxygen atoms in total. The van der Waals surface area contributed by atoms with E-state index in [4.69, 9.17) is 0 Å². The van der Waals surface area contributed by atoms with Crippen molar-refractivity contribution in [1.29, 1.82) is 0 Å². The molecule has 0 aromatic heterocycles. The van der Waals surface area contributed by atoms with E-state index >= 15 is 0 Å². The predicted octanol–water partition coefficient (Wildman–Crippen LogP) is 17.0. The van der Waals surface area contributed by atoms with Gasteiger partial charge in [0.25, 0.3) is 0 Å². The molecule has 0 N–H and O–H groups in total. The Labute approximate surface area is 364 Å². The van der Waals surface area contributed by atoms with Gasteiger partial charge in [0.2, 0.25) is 0 Å². The minimum Gasteiger partial charge on any atom is -0.309 e. The molecule has 0 fully saturated rings. The van der Waals surface area contributed by atoms with Crippen molar-refractivity contribution in [2.24, 2.45) is 0 Å². The number of fused-ring (bicyclic) bond motifs is 4. The van der Waals surface area contributed by atoms with E-state index in [0.717, 1.165) is 28.2 Å². The quantitative estimate of drug-likeness (QED) is 0.148. The highest BCUT2D eigenvalue weighted by molar-refractivity contribution is 6.09. The summed E-state index contributed by atoms with van der Waals surface area (Å²) < 4.78 is 0. The van der Waals surface area contributed by atoms with E-state index in [9.17, 15) is 0 Å². The summed E-state index contributed by atoms with van der Waals surface area (Å²) >= 11 is 0. The molecule has 0 saturated heterocycles. The van der Waals surface area contributed by atoms with Gasteiger partial charge in [-0.1, -0.05) is 226 Å². The van der Waals surface area contributed by atoms with Gasteiger partial charge >= 0.3 is 0 Å². The van der Waals surface area contributed by atoms with Crippen LogP contribution in [0.15, 0.2) is 237 Å². The van der Waals surface area contributed by atoms with Crippen molar-refractivity contribution < 1.29 is 0 Å². The molecule has 0 bridgehead atoms. The second-order valence-corrected chi connectivity index (χ2v) is 16.8. The standard InChI is InChI=1S/C61H45N/c1-61(2)56-34-12-9-28-52(56)55-33-18-31-51(60(55)61)47-25-15-26-48(41-47)62(57-35-13-10-27-49(57)45-39-37-43(38-40-45)42-19-5-3-6-20-42)58-36-14-11-29-53(58)54-32-17-24-46-23-16-30-50(59(46)54)44-21-7-4-8-22-44/h3-41H,1-2H3. The van der Waals surface area contributed by atoms with Gasteiger partial charge in [0.05, 0.1) is 11.4 Å². The van der Waals surface area contributed by atoms with Crippen LogP contribution in [0.5, 0.6) is 0 Å². The summed E-state index contributed by atoms with van der Waals surface area (Å²) in [7, 11) is 0. The summed E-state index contributed by atoms with van der Waals surface area (Å²) in [6.07, 6.45) is 0. The smallest absolute Gasteiger partial charge is 0.0540 e. The minimum atomic E-state index is -0.145. The topological polar surface area (TPSA) is 3.24 Å². The van der Waals surface area contributed by atoms with Gasteiger partial charge in [0, 0.05) is 22.2 Å². The molecule has 0 spiro atoms. The Morgan fingerprint density at radius 2 is 0.774 bits per heavy atom. The van der Waals surface area contributed by atoms with Crippen molar-refractivity contribution in [2.75, 3.05) is 4.90 Å². The SMILES string of the molecule is CC1(C)c2ccccc2-c2cccc(-c3cccc(N(c4ccccc4-c4ccc(-c5ccccc5)cc4)c4ccccc4-c4cccc5cccc(-c6ccccc6)c45)c3)c21. The number of para-hydroxylation sites is 2. The van der Waals surface area contributed by atoms with E-state index in [0.29, 0.717) is 0 Å². The molecule has 0 atom stereocenters. The number of hydrogen-bond donors (Lipinski definition) is 0. The first-order valence-electron chi connectivity index (χ1n) is 21.6. The maximum Gasteiger partial charge on any atom is 0.0540 e. The summed E-state index contributed by atoms with van der Waals surface area (Å²) in [4.78, 5) is 2.49. The maximum absolute atomic E-state index is 2.49. The first kappa shape index (κ1) is 37.3. The van der Waals surface area contributed by atoms with Crippen molar-refractivity contribution in [3.05, 3.63) is 248 Å². The molecule has 10 aromatic carbocycles. The monoisotopic (exact) mass is 791 g/mol. The van der Waals surface area contributed by atoms with E-state index in [1.54, 1.807) is 0 Å². The van der Waals surface area contributed by atoms with Crippen LogP contribution in [-0.4, -0.2) is 0 Å². The number of rotatable bonds is 8. The van der Waals surface area contributed by atoms with Crippen LogP contribution in [0.3, 0.4) is 0 Å². The van der Waals surface area contributed by atoms with Crippen molar-refractivity contribution in [3.63, 3.8) is 0 Å². The zero-order valence-corrected chi connectivity index (χ0v) is 35.0. The largest absolute Gasteiger partial charge is 0.309 e. The van der Waals surface area contributed by atoms with Gasteiger partial charge in [-0.25, -0.2) is 0 Å². The maximum atomic E-state index is 2.49. The molecule has 0 unspecified atom stereocenters. The van der Waals surface area contributed by atoms with Gasteiger partial charge in [-0.05, 0) is 102 Å². The summed E-state index contributed by atoms with van der Waals surface area (Å²) in [5, 5.41) is 2.46. The van der Waals surface area contributed by atoms with Crippen LogP contribution >= 0.6 is 0 Å². The summed E-state index contributed by atoms with van der Waals surface area (Å²) in [6, 6.07) is 86.6. The zero-order chi connectivity index (χ0) is 41.6. The summed E-state index contributed by atoms with van der Waals surface area (Å²) in [6.45, 7) is 4.75. The molecule has 0 radical (unpaired) electrons. The van der Waals surface area contributed by atoms with Crippen molar-refractivity contribution >= 4 is 27.8 Å². The predicted molar refractivity (Wildman–Crippen MR) is 263 cm³/mol. The Kier molecular flexibility index (Phi) is 9.24. The second-order valence-electron chi connectivity index (χ2n) is 16.8. The fraction of sp³-hybridized carbons (Fsp3) is 0.0492. The average Bonchev–Trinajstić information content (AvgIpc) is 3.58. The van der Waals surface area contributed by atoms with Crippen LogP contribution in [0.25, 0.3) is 77.5 Å². The Hall–Kier alpha value is -7.74. The van der Waals surface area contributed by atoms with E-state index in [1.165, 1.54) is 77.5 Å². The molecule has 0 aliphatic heterocycles. The lowest BCUT2D eigenvalue weighted by atomic mass is 9.79. The van der Waals surface area contributed by atoms with E-state index in [-0.39, 0.29) is 5.41 Å². The molecule has 0 amide bonds. The van der Waals surface area contributed by atoms with Gasteiger partial charge in [-0.3, -0.25) is 0 Å². The summed E-state index contributed by atoms with van der Waals surface area (Å²) in [5.41, 5.74) is 20.6. The lowest BCUT2D eigenvalue weighted by molar-refractivity contribution is 0.662. The fourth-order valence-electron chi connectivity index (χ4n) is 10.0. The first-order valence-corrected chi connectivity index (χ1v) is 21.6. The highest BCUT2D eigenvalue weighted by Gasteiger charge is 2.37. The lowest BCUT2D eigenvalue weighted by Gasteiger charge is -2.31. The van der Waals surface area contributed by atoms with Gasteiger partial charge < -0.3 is 4.90 Å². The van der Waals surface area contributed by atoms with Crippen LogP contribution in [0.1, 0.15) is 25.0 Å². The number of anilines is 3. The molecular weight excluding hydrogens is 747 g/mol. The third kappa shape index (κ3) is 6.33. The zero-order valence-electron chi connectivity index (χ0n) is 35.0. The van der Waals surface area contributed by atoms with Crippen molar-refractivity contribution in [3.8, 4) is 66.8 Å². The van der Waals surface area contributed by atoms with Crippen LogP contribution < -0.4 is 4.90 Å². The molecule has 0 heterocycles. The summed E-state index contributed by atoms with van der Waals surface area (Å²) in [5.74, 6) is 0. The van der Waals surface area contributed by atoms with Crippen molar-refractivity contribution in [2.45, 2.75) is 19.3 Å². The van der Waals surface area contributed by atoms with E-state index in [2.05, 4.69) is 255 Å². The van der Waals surface area contributed by atoms with Crippen LogP contribution in [0.2, 0.25) is 0 Å². The van der Waals surface area contributed by atoms with E-state index < -0.39 is 0 Å². The minimum absolute atomic E-state index is 0.145. The molecule has 294 valence electrons. The Bertz CT molecular complexity index is 3240. The van der Waals surface area contributed by atoms with Crippen LogP contribution in [-0.2, 0) is 5.41 Å². The van der Waals surface area contributed by atoms with Gasteiger partial charge in [-0.15, -0.1) is 0 Å². The molecule has 11 rings (SSSR count). The van der Waals surface area contributed by atoms with Gasteiger partial charge in [0.1, 0.15) is 0 Å². The van der Waals surface area contributed by atoms with Crippen molar-refractivity contribution in [1.82, 2.24) is 0 Å². The molecule has 10 aromatic rings. The van der Waals surface area contributed by atoms with E-state index in [1.807, 2.05) is 0 Å². The fourth-order valence-corrected chi connectivity index (χ4v) is 10.0. The number of hydrogen-bond acceptors (Lipinski definition) is 1. The number of nitrogens with zero attached hydrogens (tertiary/aromatic N) is 1. The van der Waals surface area contributed by atoms with Gasteiger partial charge in [0.15, 0.2) is 0 Å². The normalized spacial score (nSPS) is 12.5. The van der Waals surface area contributed by atoms with Crippen LogP contribution in [0.4, 0.5) is 17.1 Å². The molecule has 0 saturated carbocycles. The third-order valence-electron chi connectivity index (χ3n) is 12.9.